The molecule has 1 aromatic rings. The van der Waals surface area contributed by atoms with Crippen molar-refractivity contribution in [2.24, 2.45) is 0 Å². The minimum Gasteiger partial charge on any atom is -0.395 e. The molecule has 1 amide bonds. The molecular formula is C11H11NO2. The van der Waals surface area contributed by atoms with Crippen LogP contribution in [0.5, 0.6) is 0 Å². The summed E-state index contributed by atoms with van der Waals surface area (Å²) in [5, 5.41) is 11.0. The Bertz CT molecular complexity index is 349. The minimum absolute atomic E-state index is 0.0613. The quantitative estimate of drug-likeness (QED) is 0.676. The van der Waals surface area contributed by atoms with Crippen molar-refractivity contribution in [2.45, 2.75) is 0 Å². The van der Waals surface area contributed by atoms with Gasteiger partial charge in [-0.05, 0) is 24.3 Å². The molecule has 1 aromatic carbocycles. The monoisotopic (exact) mass is 189 g/mol. The van der Waals surface area contributed by atoms with E-state index in [2.05, 4.69) is 11.2 Å². The third-order valence-electron chi connectivity index (χ3n) is 1.71. The van der Waals surface area contributed by atoms with Gasteiger partial charge in [0.25, 0.3) is 5.91 Å². The summed E-state index contributed by atoms with van der Waals surface area (Å²) < 4.78 is 0. The number of aliphatic hydroxyl groups is 1. The average molecular weight is 189 g/mol. The van der Waals surface area contributed by atoms with Crippen LogP contribution in [0.1, 0.15) is 15.9 Å². The molecule has 0 bridgehead atoms. The summed E-state index contributed by atoms with van der Waals surface area (Å²) in [6, 6.07) is 6.71. The van der Waals surface area contributed by atoms with Crippen LogP contribution in [-0.4, -0.2) is 24.2 Å². The first kappa shape index (κ1) is 10.3. The number of nitrogens with one attached hydrogen (secondary N) is 1. The van der Waals surface area contributed by atoms with Crippen molar-refractivity contribution in [3.8, 4) is 12.3 Å². The van der Waals surface area contributed by atoms with Crippen molar-refractivity contribution in [1.29, 1.82) is 0 Å². The van der Waals surface area contributed by atoms with E-state index in [1.807, 2.05) is 0 Å². The molecular weight excluding hydrogens is 178 g/mol. The standard InChI is InChI=1S/C11H11NO2/c1-2-9-3-5-10(6-4-9)11(14)12-7-8-13/h1,3-6,13H,7-8H2,(H,12,14). The number of carbonyl (C=O) groups is 1. The highest BCUT2D eigenvalue weighted by Gasteiger charge is 2.02. The van der Waals surface area contributed by atoms with E-state index in [0.717, 1.165) is 5.56 Å². The number of terminal acetylenes is 1. The molecule has 0 spiro atoms. The van der Waals surface area contributed by atoms with Crippen LogP contribution in [0.25, 0.3) is 0 Å². The van der Waals surface area contributed by atoms with Crippen LogP contribution in [0.15, 0.2) is 24.3 Å². The van der Waals surface area contributed by atoms with Crippen molar-refractivity contribution in [2.75, 3.05) is 13.2 Å². The normalized spacial score (nSPS) is 9.14. The molecule has 0 unspecified atom stereocenters. The lowest BCUT2D eigenvalue weighted by Crippen LogP contribution is -2.26. The van der Waals surface area contributed by atoms with Crippen molar-refractivity contribution >= 4 is 5.91 Å². The Labute approximate surface area is 82.8 Å². The topological polar surface area (TPSA) is 49.3 Å². The largest absolute Gasteiger partial charge is 0.395 e. The predicted molar refractivity (Wildman–Crippen MR) is 53.8 cm³/mol. The number of hydrogen-bond donors (Lipinski definition) is 2. The van der Waals surface area contributed by atoms with E-state index in [4.69, 9.17) is 11.5 Å². The van der Waals surface area contributed by atoms with E-state index in [9.17, 15) is 4.79 Å². The molecule has 1 rings (SSSR count). The number of amides is 1. The lowest BCUT2D eigenvalue weighted by atomic mass is 10.1. The van der Waals surface area contributed by atoms with Gasteiger partial charge in [0.05, 0.1) is 6.61 Å². The number of hydrogen-bond acceptors (Lipinski definition) is 2. The van der Waals surface area contributed by atoms with Crippen LogP contribution < -0.4 is 5.32 Å². The molecule has 0 atom stereocenters. The molecule has 0 aromatic heterocycles. The van der Waals surface area contributed by atoms with Gasteiger partial charge in [0, 0.05) is 17.7 Å². The third-order valence-corrected chi connectivity index (χ3v) is 1.71. The number of rotatable bonds is 3. The molecule has 0 aliphatic rings. The second-order valence-electron chi connectivity index (χ2n) is 2.70. The Morgan fingerprint density at radius 2 is 2.07 bits per heavy atom. The molecule has 0 heterocycles. The maximum absolute atomic E-state index is 11.3. The fraction of sp³-hybridized carbons (Fsp3) is 0.182. The van der Waals surface area contributed by atoms with Crippen molar-refractivity contribution in [3.63, 3.8) is 0 Å². The van der Waals surface area contributed by atoms with Crippen molar-refractivity contribution in [3.05, 3.63) is 35.4 Å². The van der Waals surface area contributed by atoms with Gasteiger partial charge in [-0.2, -0.15) is 0 Å². The fourth-order valence-electron chi connectivity index (χ4n) is 0.989. The molecule has 0 aliphatic heterocycles. The van der Waals surface area contributed by atoms with E-state index < -0.39 is 0 Å². The molecule has 0 radical (unpaired) electrons. The van der Waals surface area contributed by atoms with Gasteiger partial charge in [0.15, 0.2) is 0 Å². The van der Waals surface area contributed by atoms with Gasteiger partial charge < -0.3 is 10.4 Å². The summed E-state index contributed by atoms with van der Waals surface area (Å²) in [7, 11) is 0. The molecule has 0 fully saturated rings. The summed E-state index contributed by atoms with van der Waals surface area (Å²) in [5.74, 6) is 2.26. The SMILES string of the molecule is C#Cc1ccc(C(=O)NCCO)cc1. The van der Waals surface area contributed by atoms with E-state index in [1.54, 1.807) is 24.3 Å². The fourth-order valence-corrected chi connectivity index (χ4v) is 0.989. The number of aliphatic hydroxyl groups excluding tert-OH is 1. The van der Waals surface area contributed by atoms with Crippen LogP contribution >= 0.6 is 0 Å². The van der Waals surface area contributed by atoms with Crippen LogP contribution in [0.2, 0.25) is 0 Å². The second kappa shape index (κ2) is 5.05. The zero-order valence-electron chi connectivity index (χ0n) is 7.66. The van der Waals surface area contributed by atoms with Gasteiger partial charge >= 0.3 is 0 Å². The molecule has 0 saturated heterocycles. The van der Waals surface area contributed by atoms with E-state index in [0.29, 0.717) is 5.56 Å². The zero-order chi connectivity index (χ0) is 10.4. The smallest absolute Gasteiger partial charge is 0.251 e. The summed E-state index contributed by atoms with van der Waals surface area (Å²) in [6.07, 6.45) is 5.17. The molecule has 3 nitrogen and oxygen atoms in total. The van der Waals surface area contributed by atoms with Crippen LogP contribution in [0.3, 0.4) is 0 Å². The van der Waals surface area contributed by atoms with Gasteiger partial charge in [0.2, 0.25) is 0 Å². The summed E-state index contributed by atoms with van der Waals surface area (Å²) >= 11 is 0. The van der Waals surface area contributed by atoms with Gasteiger partial charge in [0.1, 0.15) is 0 Å². The summed E-state index contributed by atoms with van der Waals surface area (Å²) in [6.45, 7) is 0.198. The van der Waals surface area contributed by atoms with Gasteiger partial charge in [-0.3, -0.25) is 4.79 Å². The van der Waals surface area contributed by atoms with Gasteiger partial charge in [-0.15, -0.1) is 6.42 Å². The maximum Gasteiger partial charge on any atom is 0.251 e. The Hall–Kier alpha value is -1.79. The lowest BCUT2D eigenvalue weighted by Gasteiger charge is -2.02. The van der Waals surface area contributed by atoms with Gasteiger partial charge in [-0.1, -0.05) is 5.92 Å². The van der Waals surface area contributed by atoms with Crippen molar-refractivity contribution < 1.29 is 9.90 Å². The Morgan fingerprint density at radius 3 is 2.57 bits per heavy atom. The Kier molecular flexibility index (Phi) is 3.71. The molecule has 3 heteroatoms. The number of benzene rings is 1. The molecule has 0 saturated carbocycles. The number of carbonyl (C=O) groups excluding carboxylic acids is 1. The molecule has 72 valence electrons. The Morgan fingerprint density at radius 1 is 1.43 bits per heavy atom. The summed E-state index contributed by atoms with van der Waals surface area (Å²) in [5.41, 5.74) is 1.28. The lowest BCUT2D eigenvalue weighted by molar-refractivity contribution is 0.0945. The third kappa shape index (κ3) is 2.61. The van der Waals surface area contributed by atoms with Gasteiger partial charge in [-0.25, -0.2) is 0 Å². The van der Waals surface area contributed by atoms with Crippen LogP contribution in [0.4, 0.5) is 0 Å². The highest BCUT2D eigenvalue weighted by atomic mass is 16.3. The highest BCUT2D eigenvalue weighted by molar-refractivity contribution is 5.94. The zero-order valence-corrected chi connectivity index (χ0v) is 7.66. The van der Waals surface area contributed by atoms with Crippen LogP contribution in [0, 0.1) is 12.3 Å². The van der Waals surface area contributed by atoms with Crippen LogP contribution in [-0.2, 0) is 0 Å². The average Bonchev–Trinajstić information content (AvgIpc) is 2.26. The first-order valence-electron chi connectivity index (χ1n) is 4.23. The first-order valence-corrected chi connectivity index (χ1v) is 4.23. The molecule has 14 heavy (non-hydrogen) atoms. The maximum atomic E-state index is 11.3. The van der Waals surface area contributed by atoms with E-state index >= 15 is 0 Å². The second-order valence-corrected chi connectivity index (χ2v) is 2.70. The predicted octanol–water partition coefficient (Wildman–Crippen LogP) is 0.390. The highest BCUT2D eigenvalue weighted by Crippen LogP contribution is 2.02. The first-order chi connectivity index (χ1) is 6.77. The van der Waals surface area contributed by atoms with E-state index in [1.165, 1.54) is 0 Å². The van der Waals surface area contributed by atoms with E-state index in [-0.39, 0.29) is 19.1 Å². The minimum atomic E-state index is -0.206. The molecule has 2 N–H and O–H groups in total. The summed E-state index contributed by atoms with van der Waals surface area (Å²) in [4.78, 5) is 11.3. The van der Waals surface area contributed by atoms with Crippen molar-refractivity contribution in [1.82, 2.24) is 5.32 Å². The Balaban J connectivity index is 2.68. The molecule has 0 aliphatic carbocycles.